The minimum atomic E-state index is -1.46. The SMILES string of the molecule is Fc1cc(F)c(F)c(NCc2cn3ccccc3n2)c1F. The molecule has 21 heavy (non-hydrogen) atoms. The summed E-state index contributed by atoms with van der Waals surface area (Å²) in [4.78, 5) is 4.20. The maximum Gasteiger partial charge on any atom is 0.185 e. The molecule has 2 heterocycles. The van der Waals surface area contributed by atoms with Gasteiger partial charge >= 0.3 is 0 Å². The fraction of sp³-hybridized carbons (Fsp3) is 0.0714. The number of fused-ring (bicyclic) bond motifs is 1. The average molecular weight is 295 g/mol. The number of halogens is 4. The van der Waals surface area contributed by atoms with E-state index in [9.17, 15) is 17.6 Å². The standard InChI is InChI=1S/C14H9F4N3/c15-9-5-10(16)13(18)14(12(9)17)19-6-8-7-21-4-2-1-3-11(21)20-8/h1-5,7,19H,6H2. The van der Waals surface area contributed by atoms with E-state index in [4.69, 9.17) is 0 Å². The molecule has 1 N–H and O–H groups in total. The van der Waals surface area contributed by atoms with E-state index >= 15 is 0 Å². The fourth-order valence-corrected chi connectivity index (χ4v) is 1.98. The average Bonchev–Trinajstić information content (AvgIpc) is 2.88. The Hall–Kier alpha value is -2.57. The molecule has 0 aliphatic carbocycles. The number of anilines is 1. The first-order chi connectivity index (χ1) is 10.1. The first-order valence-electron chi connectivity index (χ1n) is 6.05. The molecule has 0 radical (unpaired) electrons. The normalized spacial score (nSPS) is 11.0. The molecule has 3 rings (SSSR count). The lowest BCUT2D eigenvalue weighted by Crippen LogP contribution is -2.07. The minimum Gasteiger partial charge on any atom is -0.374 e. The fourth-order valence-electron chi connectivity index (χ4n) is 1.98. The maximum atomic E-state index is 13.5. The summed E-state index contributed by atoms with van der Waals surface area (Å²) in [7, 11) is 0. The molecule has 0 saturated heterocycles. The third-order valence-electron chi connectivity index (χ3n) is 2.97. The van der Waals surface area contributed by atoms with Gasteiger partial charge in [0.1, 0.15) is 11.3 Å². The van der Waals surface area contributed by atoms with E-state index in [1.165, 1.54) is 0 Å². The van der Waals surface area contributed by atoms with Crippen LogP contribution in [-0.4, -0.2) is 9.38 Å². The molecule has 0 amide bonds. The maximum absolute atomic E-state index is 13.5. The van der Waals surface area contributed by atoms with Crippen LogP contribution in [0.2, 0.25) is 0 Å². The zero-order valence-corrected chi connectivity index (χ0v) is 10.6. The van der Waals surface area contributed by atoms with Gasteiger partial charge in [0.25, 0.3) is 0 Å². The van der Waals surface area contributed by atoms with Crippen LogP contribution in [0.15, 0.2) is 36.7 Å². The van der Waals surface area contributed by atoms with Crippen LogP contribution in [0.4, 0.5) is 23.2 Å². The Balaban J connectivity index is 1.88. The second-order valence-electron chi connectivity index (χ2n) is 4.40. The highest BCUT2D eigenvalue weighted by atomic mass is 19.2. The number of benzene rings is 1. The van der Waals surface area contributed by atoms with Crippen molar-refractivity contribution in [3.05, 3.63) is 65.6 Å². The van der Waals surface area contributed by atoms with Crippen LogP contribution in [-0.2, 0) is 6.54 Å². The Bertz CT molecular complexity index is 754. The van der Waals surface area contributed by atoms with Gasteiger partial charge in [-0.15, -0.1) is 0 Å². The van der Waals surface area contributed by atoms with Gasteiger partial charge in [-0.25, -0.2) is 22.5 Å². The molecule has 108 valence electrons. The number of hydrogen-bond acceptors (Lipinski definition) is 2. The number of rotatable bonds is 3. The van der Waals surface area contributed by atoms with Gasteiger partial charge in [-0.05, 0) is 12.1 Å². The van der Waals surface area contributed by atoms with E-state index in [2.05, 4.69) is 10.3 Å². The Morgan fingerprint density at radius 2 is 1.76 bits per heavy atom. The molecule has 0 aliphatic heterocycles. The highest BCUT2D eigenvalue weighted by Crippen LogP contribution is 2.24. The zero-order valence-electron chi connectivity index (χ0n) is 10.6. The molecule has 2 aromatic heterocycles. The van der Waals surface area contributed by atoms with Crippen molar-refractivity contribution in [1.29, 1.82) is 0 Å². The monoisotopic (exact) mass is 295 g/mol. The summed E-state index contributed by atoms with van der Waals surface area (Å²) in [6.07, 6.45) is 3.41. The van der Waals surface area contributed by atoms with E-state index in [1.807, 2.05) is 0 Å². The van der Waals surface area contributed by atoms with Crippen LogP contribution < -0.4 is 5.32 Å². The smallest absolute Gasteiger partial charge is 0.185 e. The van der Waals surface area contributed by atoms with Crippen molar-refractivity contribution in [3.63, 3.8) is 0 Å². The van der Waals surface area contributed by atoms with E-state index in [1.54, 1.807) is 35.0 Å². The third-order valence-corrected chi connectivity index (χ3v) is 2.97. The molecule has 3 nitrogen and oxygen atoms in total. The Labute approximate surface area is 116 Å². The highest BCUT2D eigenvalue weighted by Gasteiger charge is 2.19. The van der Waals surface area contributed by atoms with Crippen LogP contribution in [0, 0.1) is 23.3 Å². The quantitative estimate of drug-likeness (QED) is 0.592. The van der Waals surface area contributed by atoms with Gasteiger partial charge in [0.05, 0.1) is 12.2 Å². The van der Waals surface area contributed by atoms with Crippen molar-refractivity contribution in [1.82, 2.24) is 9.38 Å². The summed E-state index contributed by atoms with van der Waals surface area (Å²) < 4.78 is 54.8. The molecule has 0 saturated carbocycles. The van der Waals surface area contributed by atoms with Gasteiger partial charge in [-0.1, -0.05) is 6.07 Å². The molecule has 0 spiro atoms. The summed E-state index contributed by atoms with van der Waals surface area (Å²) in [5.74, 6) is -5.83. The predicted molar refractivity (Wildman–Crippen MR) is 68.8 cm³/mol. The van der Waals surface area contributed by atoms with Crippen LogP contribution in [0.1, 0.15) is 5.69 Å². The molecule has 0 unspecified atom stereocenters. The van der Waals surface area contributed by atoms with E-state index in [0.29, 0.717) is 11.3 Å². The van der Waals surface area contributed by atoms with Crippen molar-refractivity contribution >= 4 is 11.3 Å². The van der Waals surface area contributed by atoms with Gasteiger partial charge in [-0.3, -0.25) is 0 Å². The molecule has 0 atom stereocenters. The Morgan fingerprint density at radius 1 is 1.05 bits per heavy atom. The first kappa shape index (κ1) is 13.4. The number of nitrogens with zero attached hydrogens (tertiary/aromatic N) is 2. The van der Waals surface area contributed by atoms with Crippen molar-refractivity contribution in [2.24, 2.45) is 0 Å². The zero-order chi connectivity index (χ0) is 15.0. The lowest BCUT2D eigenvalue weighted by atomic mass is 10.2. The molecule has 7 heteroatoms. The minimum absolute atomic E-state index is 0.0710. The second-order valence-corrected chi connectivity index (χ2v) is 4.40. The molecular weight excluding hydrogens is 286 g/mol. The van der Waals surface area contributed by atoms with Crippen LogP contribution in [0.5, 0.6) is 0 Å². The van der Waals surface area contributed by atoms with E-state index in [-0.39, 0.29) is 12.6 Å². The van der Waals surface area contributed by atoms with E-state index in [0.717, 1.165) is 0 Å². The molecule has 0 aliphatic rings. The summed E-state index contributed by atoms with van der Waals surface area (Å²) >= 11 is 0. The predicted octanol–water partition coefficient (Wildman–Crippen LogP) is 3.50. The van der Waals surface area contributed by atoms with Crippen LogP contribution in [0.25, 0.3) is 5.65 Å². The van der Waals surface area contributed by atoms with Gasteiger partial charge in [0, 0.05) is 18.5 Å². The molecule has 3 aromatic rings. The topological polar surface area (TPSA) is 29.3 Å². The first-order valence-corrected chi connectivity index (χ1v) is 6.05. The summed E-state index contributed by atoms with van der Waals surface area (Å²) in [5.41, 5.74) is 0.287. The Kier molecular flexibility index (Phi) is 3.25. The van der Waals surface area contributed by atoms with Gasteiger partial charge in [0.2, 0.25) is 0 Å². The van der Waals surface area contributed by atoms with E-state index < -0.39 is 29.0 Å². The van der Waals surface area contributed by atoms with Gasteiger partial charge in [0.15, 0.2) is 23.3 Å². The number of pyridine rings is 1. The third kappa shape index (κ3) is 2.42. The van der Waals surface area contributed by atoms with Gasteiger partial charge in [-0.2, -0.15) is 0 Å². The Morgan fingerprint density at radius 3 is 2.43 bits per heavy atom. The van der Waals surface area contributed by atoms with Gasteiger partial charge < -0.3 is 9.72 Å². The van der Waals surface area contributed by atoms with Crippen molar-refractivity contribution in [3.8, 4) is 0 Å². The summed E-state index contributed by atoms with van der Waals surface area (Å²) in [6, 6.07) is 5.52. The van der Waals surface area contributed by atoms with Crippen molar-refractivity contribution in [2.45, 2.75) is 6.54 Å². The summed E-state index contributed by atoms with van der Waals surface area (Å²) in [5, 5.41) is 2.33. The van der Waals surface area contributed by atoms with Crippen molar-refractivity contribution < 1.29 is 17.6 Å². The number of aromatic nitrogens is 2. The molecular formula is C14H9F4N3. The largest absolute Gasteiger partial charge is 0.374 e. The lowest BCUT2D eigenvalue weighted by Gasteiger charge is -2.08. The number of nitrogens with one attached hydrogen (secondary N) is 1. The molecule has 1 aromatic carbocycles. The number of hydrogen-bond donors (Lipinski definition) is 1. The second kappa shape index (κ2) is 5.08. The summed E-state index contributed by atoms with van der Waals surface area (Å²) in [6.45, 7) is -0.0710. The van der Waals surface area contributed by atoms with Crippen molar-refractivity contribution in [2.75, 3.05) is 5.32 Å². The number of imidazole rings is 1. The van der Waals surface area contributed by atoms with Crippen LogP contribution >= 0.6 is 0 Å². The highest BCUT2D eigenvalue weighted by molar-refractivity contribution is 5.48. The molecule has 0 fully saturated rings. The molecule has 0 bridgehead atoms. The van der Waals surface area contributed by atoms with Crippen LogP contribution in [0.3, 0.4) is 0 Å². The lowest BCUT2D eigenvalue weighted by molar-refractivity contribution is 0.458.